The summed E-state index contributed by atoms with van der Waals surface area (Å²) in [5.41, 5.74) is 3.06. The first-order chi connectivity index (χ1) is 14.0. The fourth-order valence-electron chi connectivity index (χ4n) is 3.86. The summed E-state index contributed by atoms with van der Waals surface area (Å²) in [6, 6.07) is 9.72. The number of carbonyl (C=O) groups is 1. The standard InChI is InChI=1S/C22H25ClN4O2/c1-15-10-16(2)27(25-15)14-21(28)26-9-3-4-18(13-26)22-24-12-20(29-22)11-17-5-7-19(23)8-6-17/h5-8,10,12,18H,3-4,9,11,13-14H2,1-2H3/t18-/m1/s1. The van der Waals surface area contributed by atoms with Crippen molar-refractivity contribution >= 4 is 17.5 Å². The van der Waals surface area contributed by atoms with E-state index in [1.54, 1.807) is 10.9 Å². The van der Waals surface area contributed by atoms with Gasteiger partial charge in [0, 0.05) is 30.2 Å². The molecule has 1 aromatic carbocycles. The summed E-state index contributed by atoms with van der Waals surface area (Å²) >= 11 is 5.95. The summed E-state index contributed by atoms with van der Waals surface area (Å²) in [7, 11) is 0. The largest absolute Gasteiger partial charge is 0.445 e. The molecule has 0 aliphatic carbocycles. The fraction of sp³-hybridized carbons (Fsp3) is 0.409. The lowest BCUT2D eigenvalue weighted by atomic mass is 9.98. The number of likely N-dealkylation sites (tertiary alicyclic amines) is 1. The molecule has 1 atom stereocenters. The molecule has 0 N–H and O–H groups in total. The number of hydrogen-bond donors (Lipinski definition) is 0. The van der Waals surface area contributed by atoms with Crippen LogP contribution in [0.4, 0.5) is 0 Å². The molecule has 3 aromatic rings. The van der Waals surface area contributed by atoms with Crippen molar-refractivity contribution in [1.82, 2.24) is 19.7 Å². The molecule has 6 nitrogen and oxygen atoms in total. The van der Waals surface area contributed by atoms with E-state index in [9.17, 15) is 4.79 Å². The highest BCUT2D eigenvalue weighted by molar-refractivity contribution is 6.30. The maximum atomic E-state index is 12.8. The third kappa shape index (κ3) is 4.70. The molecule has 0 radical (unpaired) electrons. The Kier molecular flexibility index (Phi) is 5.72. The Balaban J connectivity index is 1.39. The minimum atomic E-state index is 0.0915. The van der Waals surface area contributed by atoms with E-state index in [2.05, 4.69) is 10.1 Å². The van der Waals surface area contributed by atoms with E-state index in [-0.39, 0.29) is 18.4 Å². The lowest BCUT2D eigenvalue weighted by molar-refractivity contribution is -0.133. The van der Waals surface area contributed by atoms with Gasteiger partial charge in [-0.05, 0) is 50.5 Å². The Labute approximate surface area is 175 Å². The second kappa shape index (κ2) is 8.41. The van der Waals surface area contributed by atoms with Crippen molar-refractivity contribution in [3.05, 3.63) is 70.2 Å². The average molecular weight is 413 g/mol. The number of benzene rings is 1. The number of aryl methyl sites for hydroxylation is 2. The zero-order valence-electron chi connectivity index (χ0n) is 16.8. The Morgan fingerprint density at radius 2 is 2.07 bits per heavy atom. The van der Waals surface area contributed by atoms with Crippen molar-refractivity contribution in [1.29, 1.82) is 0 Å². The van der Waals surface area contributed by atoms with Crippen LogP contribution in [0.5, 0.6) is 0 Å². The number of nitrogens with zero attached hydrogens (tertiary/aromatic N) is 4. The quantitative estimate of drug-likeness (QED) is 0.631. The van der Waals surface area contributed by atoms with Crippen molar-refractivity contribution in [3.63, 3.8) is 0 Å². The number of aromatic nitrogens is 3. The molecule has 4 rings (SSSR count). The summed E-state index contributed by atoms with van der Waals surface area (Å²) in [6.07, 6.45) is 4.39. The summed E-state index contributed by atoms with van der Waals surface area (Å²) < 4.78 is 7.80. The topological polar surface area (TPSA) is 64.2 Å². The molecular weight excluding hydrogens is 388 g/mol. The minimum absolute atomic E-state index is 0.0915. The number of hydrogen-bond acceptors (Lipinski definition) is 4. The second-order valence-corrected chi connectivity index (χ2v) is 8.17. The summed E-state index contributed by atoms with van der Waals surface area (Å²) in [4.78, 5) is 19.2. The maximum absolute atomic E-state index is 12.8. The van der Waals surface area contributed by atoms with Crippen LogP contribution in [0.1, 0.15) is 47.4 Å². The summed E-state index contributed by atoms with van der Waals surface area (Å²) in [6.45, 7) is 5.60. The Bertz CT molecular complexity index is 993. The van der Waals surface area contributed by atoms with Gasteiger partial charge in [0.25, 0.3) is 0 Å². The maximum Gasteiger partial charge on any atom is 0.244 e. The van der Waals surface area contributed by atoms with Crippen LogP contribution in [0.15, 0.2) is 40.9 Å². The van der Waals surface area contributed by atoms with Gasteiger partial charge in [-0.15, -0.1) is 0 Å². The molecule has 1 aliphatic rings. The van der Waals surface area contributed by atoms with Crippen LogP contribution in [0, 0.1) is 13.8 Å². The predicted octanol–water partition coefficient (Wildman–Crippen LogP) is 4.14. The lowest BCUT2D eigenvalue weighted by Gasteiger charge is -2.31. The Morgan fingerprint density at radius 1 is 1.28 bits per heavy atom. The number of carbonyl (C=O) groups excluding carboxylic acids is 1. The third-order valence-electron chi connectivity index (χ3n) is 5.37. The number of amides is 1. The molecule has 1 fully saturated rings. The molecule has 1 saturated heterocycles. The van der Waals surface area contributed by atoms with Gasteiger partial charge in [-0.2, -0.15) is 5.10 Å². The van der Waals surface area contributed by atoms with Gasteiger partial charge in [0.15, 0.2) is 5.89 Å². The molecule has 1 aliphatic heterocycles. The first-order valence-electron chi connectivity index (χ1n) is 9.96. The van der Waals surface area contributed by atoms with Gasteiger partial charge in [0.05, 0.1) is 17.8 Å². The van der Waals surface area contributed by atoms with Crippen LogP contribution in [-0.2, 0) is 17.8 Å². The van der Waals surface area contributed by atoms with Crippen LogP contribution < -0.4 is 0 Å². The molecule has 0 saturated carbocycles. The first-order valence-corrected chi connectivity index (χ1v) is 10.3. The molecule has 1 amide bonds. The van der Waals surface area contributed by atoms with Gasteiger partial charge in [-0.1, -0.05) is 23.7 Å². The molecule has 3 heterocycles. The zero-order valence-corrected chi connectivity index (χ0v) is 17.5. The van der Waals surface area contributed by atoms with Crippen LogP contribution in [0.2, 0.25) is 5.02 Å². The number of oxazole rings is 1. The van der Waals surface area contributed by atoms with Gasteiger partial charge in [-0.3, -0.25) is 9.48 Å². The second-order valence-electron chi connectivity index (χ2n) is 7.73. The minimum Gasteiger partial charge on any atom is -0.445 e. The highest BCUT2D eigenvalue weighted by Crippen LogP contribution is 2.27. The van der Waals surface area contributed by atoms with Crippen LogP contribution in [0.3, 0.4) is 0 Å². The van der Waals surface area contributed by atoms with Gasteiger partial charge >= 0.3 is 0 Å². The molecule has 29 heavy (non-hydrogen) atoms. The van der Waals surface area contributed by atoms with Crippen molar-refractivity contribution in [2.75, 3.05) is 13.1 Å². The first kappa shape index (κ1) is 19.7. The van der Waals surface area contributed by atoms with E-state index < -0.39 is 0 Å². The highest BCUT2D eigenvalue weighted by atomic mass is 35.5. The Hall–Kier alpha value is -2.60. The normalized spacial score (nSPS) is 16.9. The molecule has 0 unspecified atom stereocenters. The van der Waals surface area contributed by atoms with Crippen molar-refractivity contribution in [2.24, 2.45) is 0 Å². The van der Waals surface area contributed by atoms with E-state index >= 15 is 0 Å². The summed E-state index contributed by atoms with van der Waals surface area (Å²) in [5, 5.41) is 5.12. The van der Waals surface area contributed by atoms with Gasteiger partial charge in [-0.25, -0.2) is 4.98 Å². The molecular formula is C22H25ClN4O2. The molecule has 2 aromatic heterocycles. The van der Waals surface area contributed by atoms with E-state index in [1.807, 2.05) is 49.1 Å². The van der Waals surface area contributed by atoms with E-state index in [1.165, 1.54) is 0 Å². The fourth-order valence-corrected chi connectivity index (χ4v) is 3.99. The van der Waals surface area contributed by atoms with Crippen LogP contribution in [-0.4, -0.2) is 38.7 Å². The van der Waals surface area contributed by atoms with Crippen molar-refractivity contribution in [3.8, 4) is 0 Å². The average Bonchev–Trinajstić information content (AvgIpc) is 3.30. The predicted molar refractivity (Wildman–Crippen MR) is 111 cm³/mol. The van der Waals surface area contributed by atoms with E-state index in [0.717, 1.165) is 53.0 Å². The SMILES string of the molecule is Cc1cc(C)n(CC(=O)N2CCC[C@@H](c3ncc(Cc4ccc(Cl)cc4)o3)C2)n1. The van der Waals surface area contributed by atoms with Gasteiger partial charge < -0.3 is 9.32 Å². The molecule has 0 spiro atoms. The third-order valence-corrected chi connectivity index (χ3v) is 5.63. The van der Waals surface area contributed by atoms with Crippen LogP contribution in [0.25, 0.3) is 0 Å². The van der Waals surface area contributed by atoms with E-state index in [4.69, 9.17) is 16.0 Å². The van der Waals surface area contributed by atoms with Gasteiger partial charge in [0.1, 0.15) is 12.3 Å². The van der Waals surface area contributed by atoms with Crippen LogP contribution >= 0.6 is 11.6 Å². The van der Waals surface area contributed by atoms with Gasteiger partial charge in [0.2, 0.25) is 5.91 Å². The zero-order chi connectivity index (χ0) is 20.4. The molecule has 7 heteroatoms. The van der Waals surface area contributed by atoms with Crippen molar-refractivity contribution < 1.29 is 9.21 Å². The number of rotatable bonds is 5. The monoisotopic (exact) mass is 412 g/mol. The Morgan fingerprint density at radius 3 is 2.79 bits per heavy atom. The smallest absolute Gasteiger partial charge is 0.244 e. The molecule has 0 bridgehead atoms. The molecule has 152 valence electrons. The number of piperidine rings is 1. The van der Waals surface area contributed by atoms with E-state index in [0.29, 0.717) is 13.0 Å². The lowest BCUT2D eigenvalue weighted by Crippen LogP contribution is -2.41. The number of halogens is 1. The highest BCUT2D eigenvalue weighted by Gasteiger charge is 2.28. The summed E-state index contributed by atoms with van der Waals surface area (Å²) in [5.74, 6) is 1.77. The van der Waals surface area contributed by atoms with Crippen molar-refractivity contribution in [2.45, 2.75) is 45.6 Å².